The number of nitrogens with zero attached hydrogens (tertiary/aromatic N) is 2. The molecule has 1 aliphatic rings. The summed E-state index contributed by atoms with van der Waals surface area (Å²) in [4.78, 5) is 0.264. The molecular weight excluding hydrogens is 338 g/mol. The van der Waals surface area contributed by atoms with Gasteiger partial charge in [0.1, 0.15) is 5.75 Å². The summed E-state index contributed by atoms with van der Waals surface area (Å²) in [7, 11) is -1.79. The number of hydrogen-bond acceptors (Lipinski definition) is 5. The Labute approximate surface area is 148 Å². The lowest BCUT2D eigenvalue weighted by molar-refractivity contribution is 0.414. The lowest BCUT2D eigenvalue weighted by atomic mass is 9.97. The number of hydrogen-bond donors (Lipinski definition) is 1. The molecule has 2 aromatic carbocycles. The highest BCUT2D eigenvalue weighted by molar-refractivity contribution is 7.89. The topological polar surface area (TPSA) is 80.1 Å². The zero-order valence-corrected chi connectivity index (χ0v) is 15.0. The quantitative estimate of drug-likeness (QED) is 0.855. The van der Waals surface area contributed by atoms with Gasteiger partial charge >= 0.3 is 0 Å². The second kappa shape index (κ2) is 7.33. The van der Waals surface area contributed by atoms with Crippen LogP contribution in [0.2, 0.25) is 0 Å². The van der Waals surface area contributed by atoms with Crippen molar-refractivity contribution in [3.8, 4) is 5.75 Å². The monoisotopic (exact) mass is 359 g/mol. The van der Waals surface area contributed by atoms with Gasteiger partial charge in [-0.25, -0.2) is 13.1 Å². The molecule has 2 unspecified atom stereocenters. The Morgan fingerprint density at radius 2 is 1.52 bits per heavy atom. The van der Waals surface area contributed by atoms with E-state index in [1.165, 1.54) is 0 Å². The van der Waals surface area contributed by atoms with Crippen molar-refractivity contribution >= 4 is 10.0 Å². The van der Waals surface area contributed by atoms with Crippen LogP contribution in [0.1, 0.15) is 36.6 Å². The molecule has 2 atom stereocenters. The van der Waals surface area contributed by atoms with Crippen LogP contribution in [0.4, 0.5) is 0 Å². The van der Waals surface area contributed by atoms with Crippen LogP contribution in [-0.4, -0.2) is 22.1 Å². The number of rotatable bonds is 6. The van der Waals surface area contributed by atoms with E-state index in [2.05, 4.69) is 15.0 Å². The molecule has 0 aliphatic carbocycles. The highest BCUT2D eigenvalue weighted by atomic mass is 32.2. The molecule has 0 saturated carbocycles. The highest BCUT2D eigenvalue weighted by Crippen LogP contribution is 2.39. The fourth-order valence-corrected chi connectivity index (χ4v) is 3.88. The molecule has 6 nitrogen and oxygen atoms in total. The van der Waals surface area contributed by atoms with E-state index in [0.29, 0.717) is 6.54 Å². The average Bonchev–Trinajstić information content (AvgIpc) is 3.12. The zero-order valence-electron chi connectivity index (χ0n) is 14.2. The van der Waals surface area contributed by atoms with Crippen molar-refractivity contribution in [3.05, 3.63) is 59.7 Å². The minimum absolute atomic E-state index is 0.0149. The predicted octanol–water partition coefficient (Wildman–Crippen LogP) is 3.63. The largest absolute Gasteiger partial charge is 0.497 e. The molecule has 1 aliphatic heterocycles. The Balaban J connectivity index is 1.71. The van der Waals surface area contributed by atoms with Gasteiger partial charge < -0.3 is 4.74 Å². The Kier molecular flexibility index (Phi) is 5.15. The average molecular weight is 359 g/mol. The predicted molar refractivity (Wildman–Crippen MR) is 95.3 cm³/mol. The van der Waals surface area contributed by atoms with E-state index < -0.39 is 10.0 Å². The van der Waals surface area contributed by atoms with Crippen LogP contribution in [0.5, 0.6) is 5.75 Å². The molecule has 7 heteroatoms. The Morgan fingerprint density at radius 3 is 2.00 bits per heavy atom. The van der Waals surface area contributed by atoms with E-state index in [4.69, 9.17) is 4.74 Å². The lowest BCUT2D eigenvalue weighted by Crippen LogP contribution is -2.23. The molecule has 0 aromatic heterocycles. The van der Waals surface area contributed by atoms with Crippen LogP contribution in [0.3, 0.4) is 0 Å². The molecule has 2 aromatic rings. The van der Waals surface area contributed by atoms with Gasteiger partial charge in [-0.3, -0.25) is 0 Å². The molecular formula is C18H21N3O3S. The van der Waals surface area contributed by atoms with Crippen LogP contribution < -0.4 is 9.46 Å². The summed E-state index contributed by atoms with van der Waals surface area (Å²) in [5.41, 5.74) is 2.06. The van der Waals surface area contributed by atoms with E-state index >= 15 is 0 Å². The second-order valence-electron chi connectivity index (χ2n) is 5.84. The van der Waals surface area contributed by atoms with Gasteiger partial charge in [0.15, 0.2) is 0 Å². The molecule has 0 fully saturated rings. The molecule has 3 rings (SSSR count). The first kappa shape index (κ1) is 17.6. The molecule has 0 radical (unpaired) electrons. The minimum atomic E-state index is -3.43. The molecule has 1 heterocycles. The molecule has 1 N–H and O–H groups in total. The summed E-state index contributed by atoms with van der Waals surface area (Å²) in [6, 6.07) is 14.6. The summed E-state index contributed by atoms with van der Waals surface area (Å²) >= 11 is 0. The second-order valence-corrected chi connectivity index (χ2v) is 7.61. The van der Waals surface area contributed by atoms with Crippen molar-refractivity contribution < 1.29 is 13.2 Å². The van der Waals surface area contributed by atoms with Crippen LogP contribution >= 0.6 is 0 Å². The number of azo groups is 1. The molecule has 25 heavy (non-hydrogen) atoms. The zero-order chi connectivity index (χ0) is 17.9. The van der Waals surface area contributed by atoms with Gasteiger partial charge in [-0.15, -0.1) is 0 Å². The Morgan fingerprint density at radius 1 is 1.00 bits per heavy atom. The normalized spacial score (nSPS) is 19.9. The molecule has 0 spiro atoms. The maximum Gasteiger partial charge on any atom is 0.240 e. The third-order valence-electron chi connectivity index (χ3n) is 4.20. The first-order chi connectivity index (χ1) is 12.0. The van der Waals surface area contributed by atoms with Gasteiger partial charge in [-0.2, -0.15) is 10.2 Å². The van der Waals surface area contributed by atoms with Crippen LogP contribution in [0.25, 0.3) is 0 Å². The minimum Gasteiger partial charge on any atom is -0.497 e. The van der Waals surface area contributed by atoms with E-state index in [1.807, 2.05) is 36.4 Å². The summed E-state index contributed by atoms with van der Waals surface area (Å²) in [6.07, 6.45) is 0.769. The number of nitrogens with one attached hydrogen (secondary N) is 1. The van der Waals surface area contributed by atoms with Gasteiger partial charge in [-0.05, 0) is 35.4 Å². The first-order valence-corrected chi connectivity index (χ1v) is 9.65. The highest BCUT2D eigenvalue weighted by Gasteiger charge is 2.25. The number of benzene rings is 2. The van der Waals surface area contributed by atoms with E-state index in [9.17, 15) is 8.42 Å². The van der Waals surface area contributed by atoms with E-state index in [-0.39, 0.29) is 17.0 Å². The summed E-state index contributed by atoms with van der Waals surface area (Å²) in [5, 5.41) is 8.74. The number of methoxy groups -OCH3 is 1. The van der Waals surface area contributed by atoms with Crippen molar-refractivity contribution in [2.45, 2.75) is 30.3 Å². The van der Waals surface area contributed by atoms with Crippen molar-refractivity contribution in [1.29, 1.82) is 0 Å². The molecule has 0 amide bonds. The van der Waals surface area contributed by atoms with Gasteiger partial charge in [-0.1, -0.05) is 31.2 Å². The van der Waals surface area contributed by atoms with Crippen molar-refractivity contribution in [2.24, 2.45) is 10.2 Å². The maximum absolute atomic E-state index is 12.0. The fourth-order valence-electron chi connectivity index (χ4n) is 2.84. The van der Waals surface area contributed by atoms with E-state index in [0.717, 1.165) is 23.3 Å². The van der Waals surface area contributed by atoms with Gasteiger partial charge in [0.05, 0.1) is 24.1 Å². The van der Waals surface area contributed by atoms with Crippen molar-refractivity contribution in [3.63, 3.8) is 0 Å². The van der Waals surface area contributed by atoms with Gasteiger partial charge in [0, 0.05) is 13.0 Å². The van der Waals surface area contributed by atoms with Crippen molar-refractivity contribution in [2.75, 3.05) is 13.7 Å². The summed E-state index contributed by atoms with van der Waals surface area (Å²) in [6.45, 7) is 2.12. The number of ether oxygens (including phenoxy) is 1. The van der Waals surface area contributed by atoms with Gasteiger partial charge in [0.25, 0.3) is 0 Å². The third-order valence-corrected chi connectivity index (χ3v) is 5.76. The van der Waals surface area contributed by atoms with Crippen LogP contribution in [0.15, 0.2) is 63.7 Å². The van der Waals surface area contributed by atoms with Gasteiger partial charge in [0.2, 0.25) is 10.0 Å². The first-order valence-electron chi connectivity index (χ1n) is 8.17. The third kappa shape index (κ3) is 3.88. The Bertz CT molecular complexity index is 846. The van der Waals surface area contributed by atoms with Crippen LogP contribution in [-0.2, 0) is 10.0 Å². The Hall–Kier alpha value is -2.25. The molecule has 0 bridgehead atoms. The van der Waals surface area contributed by atoms with Crippen molar-refractivity contribution in [1.82, 2.24) is 4.72 Å². The fraction of sp³-hybridized carbons (Fsp3) is 0.333. The molecule has 0 saturated heterocycles. The SMILES string of the molecule is CCNS(=O)(=O)c1ccc(C2CC(c3ccc(OC)cc3)N=N2)cc1. The summed E-state index contributed by atoms with van der Waals surface area (Å²) in [5.74, 6) is 0.813. The lowest BCUT2D eigenvalue weighted by Gasteiger charge is -2.11. The molecule has 132 valence electrons. The summed E-state index contributed by atoms with van der Waals surface area (Å²) < 4.78 is 31.6. The van der Waals surface area contributed by atoms with Crippen LogP contribution in [0, 0.1) is 0 Å². The number of sulfonamides is 1. The maximum atomic E-state index is 12.0. The van der Waals surface area contributed by atoms with E-state index in [1.54, 1.807) is 26.2 Å². The standard InChI is InChI=1S/C18H21N3O3S/c1-3-19-25(22,23)16-10-6-14(7-11-16)18-12-17(20-21-18)13-4-8-15(24-2)9-5-13/h4-11,17-19H,3,12H2,1-2H3. The smallest absolute Gasteiger partial charge is 0.240 e.